The Balaban J connectivity index is 1.66. The number of likely N-dealkylation sites (tertiary alicyclic amines) is 1. The molecule has 6 nitrogen and oxygen atoms in total. The lowest BCUT2D eigenvalue weighted by Crippen LogP contribution is -2.50. The Kier molecular flexibility index (Phi) is 3.12. The van der Waals surface area contributed by atoms with Gasteiger partial charge in [0.25, 0.3) is 0 Å². The van der Waals surface area contributed by atoms with E-state index in [1.807, 2.05) is 32.6 Å². The molecule has 3 heterocycles. The molecule has 0 aromatic carbocycles. The van der Waals surface area contributed by atoms with Gasteiger partial charge in [-0.3, -0.25) is 0 Å². The average Bonchev–Trinajstić information content (AvgIpc) is 2.99. The number of hydrogen-bond acceptors (Lipinski definition) is 6. The molecule has 1 amide bonds. The maximum atomic E-state index is 12.2. The second-order valence-electron chi connectivity index (χ2n) is 6.45. The fraction of sp³-hybridized carbons (Fsp3) is 0.769. The maximum absolute atomic E-state index is 12.2. The number of aryl methyl sites for hydroxylation is 1. The summed E-state index contributed by atoms with van der Waals surface area (Å²) in [5.74, 6) is 0.816. The first-order valence-corrected chi connectivity index (χ1v) is 7.67. The molecule has 110 valence electrons. The van der Waals surface area contributed by atoms with E-state index in [-0.39, 0.29) is 12.1 Å². The van der Waals surface area contributed by atoms with Crippen LogP contribution in [-0.4, -0.2) is 51.1 Å². The van der Waals surface area contributed by atoms with Gasteiger partial charge < -0.3 is 14.5 Å². The van der Waals surface area contributed by atoms with E-state index in [1.165, 1.54) is 11.5 Å². The molecule has 2 aliphatic rings. The average molecular weight is 296 g/mol. The van der Waals surface area contributed by atoms with Crippen molar-refractivity contribution in [2.24, 2.45) is 0 Å². The number of amides is 1. The van der Waals surface area contributed by atoms with Crippen molar-refractivity contribution < 1.29 is 9.53 Å². The molecule has 0 spiro atoms. The van der Waals surface area contributed by atoms with Gasteiger partial charge in [-0.2, -0.15) is 4.37 Å². The summed E-state index contributed by atoms with van der Waals surface area (Å²) in [5, 5.41) is 0.971. The molecular weight excluding hydrogens is 276 g/mol. The lowest BCUT2D eigenvalue weighted by atomic mass is 10.2. The van der Waals surface area contributed by atoms with Crippen molar-refractivity contribution in [2.45, 2.75) is 51.8 Å². The van der Waals surface area contributed by atoms with E-state index >= 15 is 0 Å². The largest absolute Gasteiger partial charge is 0.444 e. The summed E-state index contributed by atoms with van der Waals surface area (Å²) in [6.07, 6.45) is 0.802. The van der Waals surface area contributed by atoms with Crippen molar-refractivity contribution in [1.29, 1.82) is 0 Å². The molecule has 7 heteroatoms. The molecule has 0 radical (unpaired) electrons. The zero-order valence-corrected chi connectivity index (χ0v) is 13.1. The van der Waals surface area contributed by atoms with Crippen molar-refractivity contribution >= 4 is 22.8 Å². The van der Waals surface area contributed by atoms with Crippen LogP contribution in [0.1, 0.15) is 33.0 Å². The van der Waals surface area contributed by atoms with Gasteiger partial charge in [0, 0.05) is 24.6 Å². The number of piperazine rings is 1. The number of hydrogen-bond donors (Lipinski definition) is 0. The summed E-state index contributed by atoms with van der Waals surface area (Å²) in [6, 6.07) is 0.582. The van der Waals surface area contributed by atoms with Gasteiger partial charge >= 0.3 is 6.09 Å². The second-order valence-corrected chi connectivity index (χ2v) is 7.18. The first-order chi connectivity index (χ1) is 9.33. The first kappa shape index (κ1) is 13.6. The van der Waals surface area contributed by atoms with Gasteiger partial charge in [-0.15, -0.1) is 0 Å². The number of carbonyl (C=O) groups is 1. The summed E-state index contributed by atoms with van der Waals surface area (Å²) in [7, 11) is 0. The molecule has 1 aromatic heterocycles. The predicted octanol–water partition coefficient (Wildman–Crippen LogP) is 2.04. The Bertz CT molecular complexity index is 525. The van der Waals surface area contributed by atoms with Gasteiger partial charge in [-0.05, 0) is 34.1 Å². The fourth-order valence-corrected chi connectivity index (χ4v) is 3.60. The number of fused-ring (bicyclic) bond motifs is 2. The van der Waals surface area contributed by atoms with E-state index in [0.717, 1.165) is 30.5 Å². The first-order valence-electron chi connectivity index (χ1n) is 6.90. The SMILES string of the molecule is Cc1nsc(N2C[C@H]3C[C@@H]2CN3C(=O)OC(C)(C)C)n1. The Morgan fingerprint density at radius 2 is 2.10 bits per heavy atom. The van der Waals surface area contributed by atoms with Gasteiger partial charge in [-0.1, -0.05) is 0 Å². The Labute approximate surface area is 122 Å². The molecule has 2 fully saturated rings. The third kappa shape index (κ3) is 2.46. The molecule has 0 saturated carbocycles. The highest BCUT2D eigenvalue weighted by Crippen LogP contribution is 2.35. The van der Waals surface area contributed by atoms with Gasteiger partial charge in [0.1, 0.15) is 11.4 Å². The molecule has 2 bridgehead atoms. The molecule has 2 atom stereocenters. The molecule has 2 aliphatic heterocycles. The molecule has 20 heavy (non-hydrogen) atoms. The maximum Gasteiger partial charge on any atom is 0.410 e. The van der Waals surface area contributed by atoms with E-state index in [0.29, 0.717) is 6.04 Å². The van der Waals surface area contributed by atoms with Crippen LogP contribution in [-0.2, 0) is 4.74 Å². The summed E-state index contributed by atoms with van der Waals surface area (Å²) < 4.78 is 9.69. The fourth-order valence-electron chi connectivity index (χ4n) is 2.85. The van der Waals surface area contributed by atoms with Crippen LogP contribution >= 0.6 is 11.5 Å². The third-order valence-corrected chi connectivity index (χ3v) is 4.48. The van der Waals surface area contributed by atoms with Crippen LogP contribution < -0.4 is 4.90 Å². The van der Waals surface area contributed by atoms with Crippen molar-refractivity contribution in [3.63, 3.8) is 0 Å². The minimum absolute atomic E-state index is 0.196. The molecule has 0 aliphatic carbocycles. The third-order valence-electron chi connectivity index (χ3n) is 3.63. The van der Waals surface area contributed by atoms with Crippen LogP contribution in [0.5, 0.6) is 0 Å². The normalized spacial score (nSPS) is 25.4. The van der Waals surface area contributed by atoms with Gasteiger partial charge in [0.05, 0.1) is 12.1 Å². The summed E-state index contributed by atoms with van der Waals surface area (Å²) in [5.41, 5.74) is -0.436. The van der Waals surface area contributed by atoms with E-state index < -0.39 is 5.60 Å². The van der Waals surface area contributed by atoms with Gasteiger partial charge in [-0.25, -0.2) is 9.78 Å². The van der Waals surface area contributed by atoms with Crippen LogP contribution in [0, 0.1) is 6.92 Å². The topological polar surface area (TPSA) is 58.6 Å². The molecule has 3 rings (SSSR count). The van der Waals surface area contributed by atoms with Crippen molar-refractivity contribution in [2.75, 3.05) is 18.0 Å². The van der Waals surface area contributed by atoms with Crippen LogP contribution in [0.2, 0.25) is 0 Å². The zero-order valence-electron chi connectivity index (χ0n) is 12.3. The molecule has 2 saturated heterocycles. The highest BCUT2D eigenvalue weighted by atomic mass is 32.1. The summed E-state index contributed by atoms with van der Waals surface area (Å²) in [6.45, 7) is 9.15. The zero-order chi connectivity index (χ0) is 14.5. The smallest absolute Gasteiger partial charge is 0.410 e. The molecular formula is C13H20N4O2S. The minimum atomic E-state index is -0.436. The van der Waals surface area contributed by atoms with Crippen LogP contribution in [0.25, 0.3) is 0 Å². The van der Waals surface area contributed by atoms with Crippen LogP contribution in [0.3, 0.4) is 0 Å². The van der Waals surface area contributed by atoms with Crippen LogP contribution in [0.15, 0.2) is 0 Å². The lowest BCUT2D eigenvalue weighted by molar-refractivity contribution is 0.0215. The number of ether oxygens (including phenoxy) is 1. The number of anilines is 1. The van der Waals surface area contributed by atoms with Gasteiger partial charge in [0.2, 0.25) is 5.13 Å². The monoisotopic (exact) mass is 296 g/mol. The Morgan fingerprint density at radius 1 is 1.35 bits per heavy atom. The highest BCUT2D eigenvalue weighted by molar-refractivity contribution is 7.09. The quantitative estimate of drug-likeness (QED) is 0.794. The Morgan fingerprint density at radius 3 is 2.60 bits per heavy atom. The predicted molar refractivity (Wildman–Crippen MR) is 77.1 cm³/mol. The van der Waals surface area contributed by atoms with E-state index in [4.69, 9.17) is 4.74 Å². The highest BCUT2D eigenvalue weighted by Gasteiger charge is 2.47. The van der Waals surface area contributed by atoms with E-state index in [9.17, 15) is 4.79 Å². The van der Waals surface area contributed by atoms with Crippen molar-refractivity contribution in [3.05, 3.63) is 5.82 Å². The van der Waals surface area contributed by atoms with Crippen molar-refractivity contribution in [1.82, 2.24) is 14.3 Å². The molecule has 1 aromatic rings. The summed E-state index contributed by atoms with van der Waals surface area (Å²) in [4.78, 5) is 20.7. The second kappa shape index (κ2) is 4.58. The van der Waals surface area contributed by atoms with E-state index in [1.54, 1.807) is 0 Å². The number of rotatable bonds is 1. The minimum Gasteiger partial charge on any atom is -0.444 e. The Hall–Kier alpha value is -1.37. The lowest BCUT2D eigenvalue weighted by Gasteiger charge is -2.34. The number of nitrogens with zero attached hydrogens (tertiary/aromatic N) is 4. The molecule has 0 unspecified atom stereocenters. The standard InChI is InChI=1S/C13H20N4O2S/c1-8-14-11(20-15-8)16-6-10-5-9(16)7-17(10)12(18)19-13(2,3)4/h9-10H,5-7H2,1-4H3/t9-,10-/m1/s1. The molecule has 0 N–H and O–H groups in total. The summed E-state index contributed by atoms with van der Waals surface area (Å²) >= 11 is 1.44. The van der Waals surface area contributed by atoms with Crippen LogP contribution in [0.4, 0.5) is 9.93 Å². The van der Waals surface area contributed by atoms with Crippen molar-refractivity contribution in [3.8, 4) is 0 Å². The number of carbonyl (C=O) groups excluding carboxylic acids is 1. The van der Waals surface area contributed by atoms with E-state index in [2.05, 4.69) is 14.3 Å². The number of aromatic nitrogens is 2. The van der Waals surface area contributed by atoms with Gasteiger partial charge in [0.15, 0.2) is 0 Å².